The fourth-order valence-electron chi connectivity index (χ4n) is 1.45. The molecule has 0 saturated carbocycles. The molecule has 1 aromatic rings. The van der Waals surface area contributed by atoms with Gasteiger partial charge in [-0.05, 0) is 34.1 Å². The lowest BCUT2D eigenvalue weighted by atomic mass is 10.2. The lowest BCUT2D eigenvalue weighted by Gasteiger charge is -2.22. The first kappa shape index (κ1) is 16.0. The van der Waals surface area contributed by atoms with Crippen molar-refractivity contribution in [1.29, 1.82) is 0 Å². The quantitative estimate of drug-likeness (QED) is 0.685. The van der Waals surface area contributed by atoms with Gasteiger partial charge in [-0.25, -0.2) is 0 Å². The molecule has 0 spiro atoms. The minimum absolute atomic E-state index is 0.0490. The molecule has 0 saturated heterocycles. The second-order valence-electron chi connectivity index (χ2n) is 3.60. The van der Waals surface area contributed by atoms with Crippen molar-refractivity contribution in [2.45, 2.75) is 0 Å². The summed E-state index contributed by atoms with van der Waals surface area (Å²) >= 11 is 12.5. The molecule has 0 radical (unpaired) electrons. The number of rotatable bonds is 6. The number of carbonyl (C=O) groups excluding carboxylic acids is 1. The van der Waals surface area contributed by atoms with E-state index in [1.807, 2.05) is 12.1 Å². The van der Waals surface area contributed by atoms with Gasteiger partial charge in [0.05, 0.1) is 12.2 Å². The number of alkyl halides is 1. The highest BCUT2D eigenvalue weighted by molar-refractivity contribution is 9.11. The number of carbonyl (C=O) groups is 1. The average Bonchev–Trinajstić information content (AvgIpc) is 2.33. The number of nitrogens with zero attached hydrogens (tertiary/aromatic N) is 1. The smallest absolute Gasteiger partial charge is 0.255 e. The van der Waals surface area contributed by atoms with Gasteiger partial charge in [0.15, 0.2) is 0 Å². The minimum atomic E-state index is -0.0490. The molecule has 6 heteroatoms. The lowest BCUT2D eigenvalue weighted by Crippen LogP contribution is -2.35. The summed E-state index contributed by atoms with van der Waals surface area (Å²) in [5.41, 5.74) is 0.624. The van der Waals surface area contributed by atoms with E-state index < -0.39 is 0 Å². The zero-order chi connectivity index (χ0) is 13.5. The molecule has 0 fully saturated rings. The molecule has 1 rings (SSSR count). The van der Waals surface area contributed by atoms with Crippen LogP contribution in [0, 0.1) is 0 Å². The number of methoxy groups -OCH3 is 1. The number of ether oxygens (including phenoxy) is 1. The standard InChI is InChI=1S/C12H14Br2ClNO2/c1-18-7-6-16(5-4-15)12(17)10-3-2-9(13)8-11(10)14/h2-3,8H,4-7H2,1H3. The highest BCUT2D eigenvalue weighted by Gasteiger charge is 2.17. The maximum atomic E-state index is 12.3. The van der Waals surface area contributed by atoms with Crippen molar-refractivity contribution in [1.82, 2.24) is 4.90 Å². The van der Waals surface area contributed by atoms with Gasteiger partial charge in [0.2, 0.25) is 0 Å². The normalized spacial score (nSPS) is 10.4. The van der Waals surface area contributed by atoms with Gasteiger partial charge in [-0.2, -0.15) is 0 Å². The maximum absolute atomic E-state index is 12.3. The minimum Gasteiger partial charge on any atom is -0.383 e. The molecule has 0 N–H and O–H groups in total. The molecule has 1 aromatic carbocycles. The van der Waals surface area contributed by atoms with E-state index in [-0.39, 0.29) is 5.91 Å². The highest BCUT2D eigenvalue weighted by Crippen LogP contribution is 2.23. The van der Waals surface area contributed by atoms with Crippen LogP contribution in [0.2, 0.25) is 0 Å². The maximum Gasteiger partial charge on any atom is 0.255 e. The van der Waals surface area contributed by atoms with Crippen LogP contribution in [0.1, 0.15) is 10.4 Å². The van der Waals surface area contributed by atoms with E-state index in [4.69, 9.17) is 16.3 Å². The van der Waals surface area contributed by atoms with Crippen LogP contribution in [0.25, 0.3) is 0 Å². The van der Waals surface area contributed by atoms with Crippen molar-refractivity contribution < 1.29 is 9.53 Å². The predicted molar refractivity (Wildman–Crippen MR) is 80.3 cm³/mol. The number of amides is 1. The Balaban J connectivity index is 2.87. The second kappa shape index (κ2) is 8.15. The third-order valence-corrected chi connectivity index (χ3v) is 3.69. The van der Waals surface area contributed by atoms with Gasteiger partial charge in [-0.3, -0.25) is 4.79 Å². The SMILES string of the molecule is COCCN(CCCl)C(=O)c1ccc(Br)cc1Br. The zero-order valence-corrected chi connectivity index (χ0v) is 13.9. The van der Waals surface area contributed by atoms with Crippen molar-refractivity contribution in [3.63, 3.8) is 0 Å². The number of halogens is 3. The van der Waals surface area contributed by atoms with Crippen LogP contribution in [0.5, 0.6) is 0 Å². The molecule has 0 unspecified atom stereocenters. The molecule has 0 aliphatic carbocycles. The Morgan fingerprint density at radius 1 is 1.39 bits per heavy atom. The van der Waals surface area contributed by atoms with Crippen molar-refractivity contribution in [2.24, 2.45) is 0 Å². The Hall–Kier alpha value is -0.100. The average molecular weight is 400 g/mol. The summed E-state index contributed by atoms with van der Waals surface area (Å²) in [4.78, 5) is 14.0. The van der Waals surface area contributed by atoms with Crippen LogP contribution in [0.15, 0.2) is 27.1 Å². The fourth-order valence-corrected chi connectivity index (χ4v) is 2.87. The molecule has 18 heavy (non-hydrogen) atoms. The molecular weight excluding hydrogens is 385 g/mol. The Kier molecular flexibility index (Phi) is 7.22. The van der Waals surface area contributed by atoms with Crippen LogP contribution >= 0.6 is 43.5 Å². The summed E-state index contributed by atoms with van der Waals surface area (Å²) in [5, 5.41) is 0. The van der Waals surface area contributed by atoms with E-state index in [0.717, 1.165) is 8.95 Å². The van der Waals surface area contributed by atoms with E-state index in [0.29, 0.717) is 31.1 Å². The third kappa shape index (κ3) is 4.53. The van der Waals surface area contributed by atoms with Crippen LogP contribution in [0.3, 0.4) is 0 Å². The summed E-state index contributed by atoms with van der Waals surface area (Å²) < 4.78 is 6.68. The largest absolute Gasteiger partial charge is 0.383 e. The summed E-state index contributed by atoms with van der Waals surface area (Å²) in [5.74, 6) is 0.357. The van der Waals surface area contributed by atoms with Gasteiger partial charge in [0.1, 0.15) is 0 Å². The summed E-state index contributed by atoms with van der Waals surface area (Å²) in [7, 11) is 1.61. The molecule has 1 amide bonds. The Morgan fingerprint density at radius 3 is 2.67 bits per heavy atom. The molecule has 0 aliphatic heterocycles. The van der Waals surface area contributed by atoms with E-state index in [1.54, 1.807) is 18.1 Å². The first-order valence-electron chi connectivity index (χ1n) is 5.39. The topological polar surface area (TPSA) is 29.5 Å². The van der Waals surface area contributed by atoms with E-state index in [2.05, 4.69) is 31.9 Å². The first-order valence-corrected chi connectivity index (χ1v) is 7.51. The van der Waals surface area contributed by atoms with Gasteiger partial charge >= 0.3 is 0 Å². The van der Waals surface area contributed by atoms with Crippen molar-refractivity contribution in [3.05, 3.63) is 32.7 Å². The predicted octanol–water partition coefficient (Wildman–Crippen LogP) is 3.54. The first-order chi connectivity index (χ1) is 8.60. The van der Waals surface area contributed by atoms with Crippen LogP contribution in [0.4, 0.5) is 0 Å². The van der Waals surface area contributed by atoms with E-state index in [1.165, 1.54) is 0 Å². The molecular formula is C12H14Br2ClNO2. The number of hydrogen-bond acceptors (Lipinski definition) is 2. The van der Waals surface area contributed by atoms with E-state index in [9.17, 15) is 4.79 Å². The summed E-state index contributed by atoms with van der Waals surface area (Å²) in [6.07, 6.45) is 0. The van der Waals surface area contributed by atoms with Gasteiger partial charge in [-0.15, -0.1) is 11.6 Å². The van der Waals surface area contributed by atoms with Gasteiger partial charge < -0.3 is 9.64 Å². The summed E-state index contributed by atoms with van der Waals surface area (Å²) in [6.45, 7) is 1.54. The third-order valence-electron chi connectivity index (χ3n) is 2.37. The zero-order valence-electron chi connectivity index (χ0n) is 9.96. The lowest BCUT2D eigenvalue weighted by molar-refractivity contribution is 0.0707. The molecule has 0 heterocycles. The van der Waals surface area contributed by atoms with Gasteiger partial charge in [0.25, 0.3) is 5.91 Å². The fraction of sp³-hybridized carbons (Fsp3) is 0.417. The van der Waals surface area contributed by atoms with Crippen molar-refractivity contribution in [2.75, 3.05) is 32.7 Å². The summed E-state index contributed by atoms with van der Waals surface area (Å²) in [6, 6.07) is 5.47. The molecule has 0 bridgehead atoms. The van der Waals surface area contributed by atoms with Gasteiger partial charge in [0, 0.05) is 35.0 Å². The monoisotopic (exact) mass is 397 g/mol. The second-order valence-corrected chi connectivity index (χ2v) is 5.75. The molecule has 0 atom stereocenters. The Labute approximate surface area is 129 Å². The van der Waals surface area contributed by atoms with Crippen LogP contribution in [-0.2, 0) is 4.74 Å². The van der Waals surface area contributed by atoms with Gasteiger partial charge in [-0.1, -0.05) is 15.9 Å². The van der Waals surface area contributed by atoms with Crippen molar-refractivity contribution >= 4 is 49.4 Å². The highest BCUT2D eigenvalue weighted by atomic mass is 79.9. The molecule has 0 aromatic heterocycles. The van der Waals surface area contributed by atoms with Crippen LogP contribution in [-0.4, -0.2) is 43.5 Å². The molecule has 3 nitrogen and oxygen atoms in total. The number of hydrogen-bond donors (Lipinski definition) is 0. The van der Waals surface area contributed by atoms with Crippen LogP contribution < -0.4 is 0 Å². The Morgan fingerprint density at radius 2 is 2.11 bits per heavy atom. The van der Waals surface area contributed by atoms with E-state index >= 15 is 0 Å². The molecule has 100 valence electrons. The Bertz CT molecular complexity index is 415. The number of benzene rings is 1. The van der Waals surface area contributed by atoms with Crippen molar-refractivity contribution in [3.8, 4) is 0 Å². The molecule has 0 aliphatic rings.